The molecule has 24 heavy (non-hydrogen) atoms. The Kier molecular flexibility index (Phi) is 9.51. The Morgan fingerprint density at radius 3 is 1.96 bits per heavy atom. The Labute approximate surface area is 146 Å². The summed E-state index contributed by atoms with van der Waals surface area (Å²) in [6, 6.07) is -0.209. The highest BCUT2D eigenvalue weighted by Gasteiger charge is 2.25. The molecule has 0 radical (unpaired) electrons. The molecule has 0 heterocycles. The van der Waals surface area contributed by atoms with E-state index < -0.39 is 11.2 Å². The van der Waals surface area contributed by atoms with Crippen LogP contribution in [-0.4, -0.2) is 48.4 Å². The van der Waals surface area contributed by atoms with Gasteiger partial charge in [-0.05, 0) is 54.4 Å². The summed E-state index contributed by atoms with van der Waals surface area (Å²) >= 11 is 0. The van der Waals surface area contributed by atoms with Crippen molar-refractivity contribution in [3.05, 3.63) is 0 Å². The van der Waals surface area contributed by atoms with Gasteiger partial charge in [0.1, 0.15) is 23.9 Å². The molecule has 6 heteroatoms. The fourth-order valence-electron chi connectivity index (χ4n) is 1.96. The second-order valence-corrected chi connectivity index (χ2v) is 8.19. The van der Waals surface area contributed by atoms with Gasteiger partial charge in [0.2, 0.25) is 0 Å². The van der Waals surface area contributed by atoms with Gasteiger partial charge in [0.25, 0.3) is 0 Å². The Morgan fingerprint density at radius 2 is 1.50 bits per heavy atom. The van der Waals surface area contributed by atoms with Gasteiger partial charge in [-0.2, -0.15) is 0 Å². The van der Waals surface area contributed by atoms with Gasteiger partial charge in [-0.25, -0.2) is 4.79 Å². The van der Waals surface area contributed by atoms with Crippen LogP contribution in [0.2, 0.25) is 0 Å². The van der Waals surface area contributed by atoms with Crippen LogP contribution in [0.15, 0.2) is 0 Å². The fourth-order valence-corrected chi connectivity index (χ4v) is 1.96. The van der Waals surface area contributed by atoms with Crippen molar-refractivity contribution in [2.75, 3.05) is 13.2 Å². The monoisotopic (exact) mass is 345 g/mol. The van der Waals surface area contributed by atoms with Gasteiger partial charge in [0, 0.05) is 12.6 Å². The lowest BCUT2D eigenvalue weighted by Crippen LogP contribution is -2.44. The molecule has 0 bridgehead atoms. The Hall–Kier alpha value is -1.14. The van der Waals surface area contributed by atoms with E-state index >= 15 is 0 Å². The summed E-state index contributed by atoms with van der Waals surface area (Å²) < 4.78 is 15.9. The zero-order valence-corrected chi connectivity index (χ0v) is 16.5. The largest absolute Gasteiger partial charge is 0.459 e. The molecule has 0 aromatic carbocycles. The Bertz CT molecular complexity index is 393. The van der Waals surface area contributed by atoms with E-state index in [1.807, 2.05) is 55.4 Å². The van der Waals surface area contributed by atoms with Crippen LogP contribution in [0, 0.1) is 0 Å². The van der Waals surface area contributed by atoms with Gasteiger partial charge in [0.15, 0.2) is 0 Å². The minimum absolute atomic E-state index is 0.0774. The van der Waals surface area contributed by atoms with Crippen molar-refractivity contribution in [2.24, 2.45) is 0 Å². The predicted octanol–water partition coefficient (Wildman–Crippen LogP) is 2.83. The number of carbonyl (C=O) groups is 2. The smallest absolute Gasteiger partial charge is 0.332 e. The molecule has 0 rings (SSSR count). The molecule has 0 aliphatic carbocycles. The van der Waals surface area contributed by atoms with Crippen LogP contribution in [-0.2, 0) is 23.8 Å². The third-order valence-corrected chi connectivity index (χ3v) is 2.65. The van der Waals surface area contributed by atoms with Crippen LogP contribution >= 0.6 is 0 Å². The molecule has 0 aliphatic heterocycles. The predicted molar refractivity (Wildman–Crippen MR) is 93.8 cm³/mol. The molecule has 0 aromatic rings. The average molecular weight is 345 g/mol. The molecule has 0 aromatic heterocycles. The zero-order chi connectivity index (χ0) is 19.0. The minimum Gasteiger partial charge on any atom is -0.459 e. The summed E-state index contributed by atoms with van der Waals surface area (Å²) in [5.41, 5.74) is -1.02. The van der Waals surface area contributed by atoms with Crippen molar-refractivity contribution in [1.82, 2.24) is 5.32 Å². The molecule has 142 valence electrons. The summed E-state index contributed by atoms with van der Waals surface area (Å²) in [7, 11) is 0. The van der Waals surface area contributed by atoms with Gasteiger partial charge in [-0.1, -0.05) is 13.8 Å². The molecule has 1 atom stereocenters. The molecule has 0 spiro atoms. The van der Waals surface area contributed by atoms with Crippen LogP contribution in [0.1, 0.15) is 68.2 Å². The zero-order valence-electron chi connectivity index (χ0n) is 16.5. The van der Waals surface area contributed by atoms with E-state index in [2.05, 4.69) is 5.32 Å². The van der Waals surface area contributed by atoms with E-state index in [0.717, 1.165) is 0 Å². The maximum Gasteiger partial charge on any atom is 0.332 e. The van der Waals surface area contributed by atoms with Gasteiger partial charge in [-0.15, -0.1) is 0 Å². The SMILES string of the molecule is CC(C)NC(CCCOCC(=O)OC(C)(C)C)C(=O)OC(C)(C)C. The lowest BCUT2D eigenvalue weighted by molar-refractivity contribution is -0.161. The third-order valence-electron chi connectivity index (χ3n) is 2.65. The number of ether oxygens (including phenoxy) is 3. The van der Waals surface area contributed by atoms with E-state index in [4.69, 9.17) is 14.2 Å². The molecule has 0 amide bonds. The molecule has 1 unspecified atom stereocenters. The summed E-state index contributed by atoms with van der Waals surface area (Å²) in [5, 5.41) is 3.21. The van der Waals surface area contributed by atoms with Crippen molar-refractivity contribution < 1.29 is 23.8 Å². The van der Waals surface area contributed by atoms with Crippen molar-refractivity contribution in [3.63, 3.8) is 0 Å². The number of nitrogens with one attached hydrogen (secondary N) is 1. The molecule has 0 fully saturated rings. The van der Waals surface area contributed by atoms with Crippen LogP contribution in [0.4, 0.5) is 0 Å². The first-order valence-electron chi connectivity index (χ1n) is 8.58. The summed E-state index contributed by atoms with van der Waals surface area (Å²) in [6.45, 7) is 15.3. The number of hydrogen-bond donors (Lipinski definition) is 1. The molecule has 0 saturated carbocycles. The van der Waals surface area contributed by atoms with Gasteiger partial charge in [0.05, 0.1) is 0 Å². The first kappa shape index (κ1) is 22.9. The van der Waals surface area contributed by atoms with E-state index in [-0.39, 0.29) is 30.6 Å². The standard InChI is InChI=1S/C18H35NO5/c1-13(2)19-14(16(21)24-18(6,7)8)10-9-11-22-12-15(20)23-17(3,4)5/h13-14,19H,9-12H2,1-8H3. The van der Waals surface area contributed by atoms with Crippen LogP contribution in [0.25, 0.3) is 0 Å². The van der Waals surface area contributed by atoms with Crippen molar-refractivity contribution in [1.29, 1.82) is 0 Å². The van der Waals surface area contributed by atoms with Crippen LogP contribution in [0.3, 0.4) is 0 Å². The number of carbonyl (C=O) groups excluding carboxylic acids is 2. The highest BCUT2D eigenvalue weighted by Crippen LogP contribution is 2.11. The van der Waals surface area contributed by atoms with Crippen molar-refractivity contribution in [2.45, 2.75) is 91.5 Å². The third kappa shape index (κ3) is 13.3. The topological polar surface area (TPSA) is 73.9 Å². The lowest BCUT2D eigenvalue weighted by atomic mass is 10.1. The molecule has 0 aliphatic rings. The number of rotatable bonds is 9. The molecular formula is C18H35NO5. The van der Waals surface area contributed by atoms with Gasteiger partial charge in [-0.3, -0.25) is 4.79 Å². The van der Waals surface area contributed by atoms with Crippen LogP contribution < -0.4 is 5.32 Å². The fraction of sp³-hybridized carbons (Fsp3) is 0.889. The molecule has 0 saturated heterocycles. The highest BCUT2D eigenvalue weighted by atomic mass is 16.6. The average Bonchev–Trinajstić information content (AvgIpc) is 2.32. The van der Waals surface area contributed by atoms with E-state index in [0.29, 0.717) is 19.4 Å². The summed E-state index contributed by atoms with van der Waals surface area (Å²) in [5.74, 6) is -0.644. The Morgan fingerprint density at radius 1 is 0.958 bits per heavy atom. The molecule has 6 nitrogen and oxygen atoms in total. The van der Waals surface area contributed by atoms with Gasteiger partial charge >= 0.3 is 11.9 Å². The minimum atomic E-state index is -0.513. The van der Waals surface area contributed by atoms with Crippen molar-refractivity contribution >= 4 is 11.9 Å². The number of esters is 2. The van der Waals surface area contributed by atoms with Crippen LogP contribution in [0.5, 0.6) is 0 Å². The van der Waals surface area contributed by atoms with E-state index in [1.54, 1.807) is 0 Å². The van der Waals surface area contributed by atoms with Gasteiger partial charge < -0.3 is 19.5 Å². The maximum atomic E-state index is 12.2. The summed E-state index contributed by atoms with van der Waals surface area (Å²) in [6.07, 6.45) is 1.23. The summed E-state index contributed by atoms with van der Waals surface area (Å²) in [4.78, 5) is 23.8. The first-order valence-corrected chi connectivity index (χ1v) is 8.58. The maximum absolute atomic E-state index is 12.2. The molecule has 1 N–H and O–H groups in total. The quantitative estimate of drug-likeness (QED) is 0.512. The van der Waals surface area contributed by atoms with E-state index in [1.165, 1.54) is 0 Å². The van der Waals surface area contributed by atoms with E-state index in [9.17, 15) is 9.59 Å². The lowest BCUT2D eigenvalue weighted by Gasteiger charge is -2.26. The molecular weight excluding hydrogens is 310 g/mol. The highest BCUT2D eigenvalue weighted by molar-refractivity contribution is 5.76. The number of hydrogen-bond acceptors (Lipinski definition) is 6. The normalized spacial score (nSPS) is 13.7. The Balaban J connectivity index is 4.20. The first-order chi connectivity index (χ1) is 10.8. The van der Waals surface area contributed by atoms with Crippen molar-refractivity contribution in [3.8, 4) is 0 Å². The second kappa shape index (κ2) is 9.99. The second-order valence-electron chi connectivity index (χ2n) is 8.19.